The van der Waals surface area contributed by atoms with Crippen LogP contribution in [-0.4, -0.2) is 16.7 Å². The molecule has 0 amide bonds. The number of rotatable bonds is 3. The number of nitrogens with one attached hydrogen (secondary N) is 1. The zero-order valence-corrected chi connectivity index (χ0v) is 9.63. The smallest absolute Gasteiger partial charge is 0.229 e. The van der Waals surface area contributed by atoms with E-state index in [1.807, 2.05) is 6.92 Å². The van der Waals surface area contributed by atoms with E-state index in [2.05, 4.69) is 15.0 Å². The zero-order chi connectivity index (χ0) is 10.7. The highest BCUT2D eigenvalue weighted by molar-refractivity contribution is 6.13. The SMILES string of the molecule is Cc1noc([C@H]2CC[C@H](CNCl)CC2)n1. The molecule has 1 aromatic rings. The summed E-state index contributed by atoms with van der Waals surface area (Å²) in [7, 11) is 0. The molecule has 1 saturated carbocycles. The number of aryl methyl sites for hydroxylation is 1. The summed E-state index contributed by atoms with van der Waals surface area (Å²) in [6, 6.07) is 0. The van der Waals surface area contributed by atoms with Crippen molar-refractivity contribution in [1.29, 1.82) is 0 Å². The molecule has 1 heterocycles. The normalized spacial score (nSPS) is 26.8. The van der Waals surface area contributed by atoms with Crippen LogP contribution >= 0.6 is 11.8 Å². The van der Waals surface area contributed by atoms with Crippen LogP contribution in [0.1, 0.15) is 43.3 Å². The Morgan fingerprint density at radius 1 is 1.40 bits per heavy atom. The summed E-state index contributed by atoms with van der Waals surface area (Å²) in [4.78, 5) is 7.00. The Labute approximate surface area is 94.5 Å². The molecule has 0 aromatic carbocycles. The highest BCUT2D eigenvalue weighted by Crippen LogP contribution is 2.34. The quantitative estimate of drug-likeness (QED) is 0.809. The van der Waals surface area contributed by atoms with Gasteiger partial charge in [0.1, 0.15) is 0 Å². The van der Waals surface area contributed by atoms with Gasteiger partial charge in [0.05, 0.1) is 0 Å². The molecular formula is C10H16ClN3O. The van der Waals surface area contributed by atoms with Crippen molar-refractivity contribution in [1.82, 2.24) is 15.0 Å². The lowest BCUT2D eigenvalue weighted by Crippen LogP contribution is -2.21. The van der Waals surface area contributed by atoms with Crippen LogP contribution in [0.3, 0.4) is 0 Å². The number of aromatic nitrogens is 2. The lowest BCUT2D eigenvalue weighted by molar-refractivity contribution is 0.271. The third-order valence-electron chi connectivity index (χ3n) is 3.11. The lowest BCUT2D eigenvalue weighted by Gasteiger charge is -2.25. The third kappa shape index (κ3) is 2.69. The molecule has 1 N–H and O–H groups in total. The highest BCUT2D eigenvalue weighted by atomic mass is 35.5. The van der Waals surface area contributed by atoms with Gasteiger partial charge in [0, 0.05) is 12.5 Å². The fourth-order valence-corrected chi connectivity index (χ4v) is 2.42. The molecule has 4 nitrogen and oxygen atoms in total. The van der Waals surface area contributed by atoms with E-state index in [-0.39, 0.29) is 0 Å². The van der Waals surface area contributed by atoms with Crippen molar-refractivity contribution in [2.24, 2.45) is 5.92 Å². The monoisotopic (exact) mass is 229 g/mol. The van der Waals surface area contributed by atoms with E-state index in [9.17, 15) is 0 Å². The molecule has 1 aliphatic rings. The molecule has 84 valence electrons. The van der Waals surface area contributed by atoms with E-state index in [4.69, 9.17) is 16.3 Å². The minimum Gasteiger partial charge on any atom is -0.339 e. The first-order valence-corrected chi connectivity index (χ1v) is 5.81. The molecular weight excluding hydrogens is 214 g/mol. The molecule has 2 rings (SSSR count). The van der Waals surface area contributed by atoms with Gasteiger partial charge in [0.2, 0.25) is 5.89 Å². The molecule has 1 aromatic heterocycles. The molecule has 0 atom stereocenters. The summed E-state index contributed by atoms with van der Waals surface area (Å²) < 4.78 is 5.20. The van der Waals surface area contributed by atoms with Crippen LogP contribution in [0.15, 0.2) is 4.52 Å². The summed E-state index contributed by atoms with van der Waals surface area (Å²) in [6.45, 7) is 2.76. The van der Waals surface area contributed by atoms with Crippen molar-refractivity contribution in [3.63, 3.8) is 0 Å². The van der Waals surface area contributed by atoms with Crippen molar-refractivity contribution in [2.75, 3.05) is 6.54 Å². The predicted molar refractivity (Wildman–Crippen MR) is 57.6 cm³/mol. The fraction of sp³-hybridized carbons (Fsp3) is 0.800. The Hall–Kier alpha value is -0.610. The van der Waals surface area contributed by atoms with Crippen molar-refractivity contribution in [3.8, 4) is 0 Å². The van der Waals surface area contributed by atoms with Gasteiger partial charge in [-0.15, -0.1) is 0 Å². The predicted octanol–water partition coefficient (Wildman–Crippen LogP) is 2.40. The average molecular weight is 230 g/mol. The van der Waals surface area contributed by atoms with E-state index in [0.717, 1.165) is 31.1 Å². The Morgan fingerprint density at radius 3 is 2.67 bits per heavy atom. The molecule has 1 aliphatic carbocycles. The first kappa shape index (κ1) is 10.9. The maximum absolute atomic E-state index is 5.50. The van der Waals surface area contributed by atoms with Crippen LogP contribution in [0.4, 0.5) is 0 Å². The molecule has 5 heteroatoms. The van der Waals surface area contributed by atoms with Gasteiger partial charge >= 0.3 is 0 Å². The van der Waals surface area contributed by atoms with Gasteiger partial charge in [0.25, 0.3) is 0 Å². The average Bonchev–Trinajstić information content (AvgIpc) is 2.67. The maximum Gasteiger partial charge on any atom is 0.229 e. The number of hydrogen-bond acceptors (Lipinski definition) is 4. The number of halogens is 1. The Bertz CT molecular complexity index is 307. The summed E-state index contributed by atoms with van der Waals surface area (Å²) >= 11 is 5.50. The number of hydrogen-bond donors (Lipinski definition) is 1. The van der Waals surface area contributed by atoms with Crippen LogP contribution in [0.25, 0.3) is 0 Å². The summed E-state index contributed by atoms with van der Waals surface area (Å²) in [5, 5.41) is 3.83. The van der Waals surface area contributed by atoms with Crippen LogP contribution < -0.4 is 4.84 Å². The molecule has 0 spiro atoms. The zero-order valence-electron chi connectivity index (χ0n) is 8.87. The van der Waals surface area contributed by atoms with Crippen LogP contribution in [0, 0.1) is 12.8 Å². The van der Waals surface area contributed by atoms with Gasteiger partial charge in [-0.05, 0) is 50.3 Å². The minimum absolute atomic E-state index is 0.456. The highest BCUT2D eigenvalue weighted by Gasteiger charge is 2.25. The first-order chi connectivity index (χ1) is 7.29. The second kappa shape index (κ2) is 4.94. The van der Waals surface area contributed by atoms with Crippen molar-refractivity contribution >= 4 is 11.8 Å². The lowest BCUT2D eigenvalue weighted by atomic mass is 9.82. The molecule has 0 radical (unpaired) electrons. The summed E-state index contributed by atoms with van der Waals surface area (Å²) in [5.74, 6) is 2.69. The van der Waals surface area contributed by atoms with Crippen molar-refractivity contribution in [2.45, 2.75) is 38.5 Å². The third-order valence-corrected chi connectivity index (χ3v) is 3.26. The van der Waals surface area contributed by atoms with Crippen molar-refractivity contribution < 1.29 is 4.52 Å². The van der Waals surface area contributed by atoms with Gasteiger partial charge in [-0.25, -0.2) is 4.84 Å². The topological polar surface area (TPSA) is 51.0 Å². The minimum atomic E-state index is 0.456. The van der Waals surface area contributed by atoms with Gasteiger partial charge < -0.3 is 4.52 Å². The van der Waals surface area contributed by atoms with E-state index in [1.54, 1.807) is 0 Å². The van der Waals surface area contributed by atoms with E-state index < -0.39 is 0 Å². The largest absolute Gasteiger partial charge is 0.339 e. The van der Waals surface area contributed by atoms with E-state index >= 15 is 0 Å². The Morgan fingerprint density at radius 2 is 2.13 bits per heavy atom. The van der Waals surface area contributed by atoms with Gasteiger partial charge in [-0.1, -0.05) is 5.16 Å². The standard InChI is InChI=1S/C10H16ClN3O/c1-7-13-10(15-14-7)9-4-2-8(3-5-9)6-12-11/h8-9,12H,2-6H2,1H3/t8-,9-. The second-order valence-electron chi connectivity index (χ2n) is 4.24. The molecule has 0 aliphatic heterocycles. The van der Waals surface area contributed by atoms with Gasteiger partial charge in [0.15, 0.2) is 5.82 Å². The Balaban J connectivity index is 1.88. The number of nitrogens with zero attached hydrogens (tertiary/aromatic N) is 2. The summed E-state index contributed by atoms with van der Waals surface area (Å²) in [5.41, 5.74) is 0. The van der Waals surface area contributed by atoms with Gasteiger partial charge in [-0.3, -0.25) is 0 Å². The van der Waals surface area contributed by atoms with E-state index in [0.29, 0.717) is 11.8 Å². The van der Waals surface area contributed by atoms with E-state index in [1.165, 1.54) is 12.8 Å². The molecule has 0 saturated heterocycles. The van der Waals surface area contributed by atoms with Crippen LogP contribution in [0.5, 0.6) is 0 Å². The van der Waals surface area contributed by atoms with Crippen LogP contribution in [-0.2, 0) is 0 Å². The fourth-order valence-electron chi connectivity index (χ4n) is 2.20. The van der Waals surface area contributed by atoms with Crippen molar-refractivity contribution in [3.05, 3.63) is 11.7 Å². The molecule has 1 fully saturated rings. The molecule has 15 heavy (non-hydrogen) atoms. The van der Waals surface area contributed by atoms with Crippen LogP contribution in [0.2, 0.25) is 0 Å². The Kier molecular flexibility index (Phi) is 3.59. The first-order valence-electron chi connectivity index (χ1n) is 5.43. The van der Waals surface area contributed by atoms with Gasteiger partial charge in [-0.2, -0.15) is 4.98 Å². The summed E-state index contributed by atoms with van der Waals surface area (Å²) in [6.07, 6.45) is 4.63. The maximum atomic E-state index is 5.50. The molecule has 0 bridgehead atoms. The molecule has 0 unspecified atom stereocenters. The second-order valence-corrected chi connectivity index (χ2v) is 4.50.